The van der Waals surface area contributed by atoms with Crippen LogP contribution in [-0.2, 0) is 9.53 Å². The van der Waals surface area contributed by atoms with Crippen molar-refractivity contribution in [1.29, 1.82) is 0 Å². The number of esters is 1. The largest absolute Gasteiger partial charge is 0.506 e. The number of carbonyl (C=O) groups excluding carboxylic acids is 1. The van der Waals surface area contributed by atoms with Gasteiger partial charge in [0.1, 0.15) is 21.6 Å². The van der Waals surface area contributed by atoms with Crippen molar-refractivity contribution in [2.45, 2.75) is 25.8 Å². The molecule has 0 bridgehead atoms. The van der Waals surface area contributed by atoms with Crippen LogP contribution in [0.2, 0.25) is 10.3 Å². The maximum absolute atomic E-state index is 11.9. The van der Waals surface area contributed by atoms with E-state index in [2.05, 4.69) is 9.98 Å². The Morgan fingerprint density at radius 3 is 2.81 bits per heavy atom. The summed E-state index contributed by atoms with van der Waals surface area (Å²) in [4.78, 5) is 20.0. The van der Waals surface area contributed by atoms with Gasteiger partial charge in [0, 0.05) is 6.21 Å². The molecule has 0 atom stereocenters. The van der Waals surface area contributed by atoms with Crippen LogP contribution >= 0.6 is 23.2 Å². The fourth-order valence-electron chi connectivity index (χ4n) is 1.56. The molecule has 1 N–H and O–H groups in total. The van der Waals surface area contributed by atoms with Crippen molar-refractivity contribution in [1.82, 2.24) is 4.98 Å². The monoisotopic (exact) mass is 328 g/mol. The molecule has 0 aromatic carbocycles. The number of pyridine rings is 1. The van der Waals surface area contributed by atoms with E-state index in [1.807, 2.05) is 0 Å². The summed E-state index contributed by atoms with van der Waals surface area (Å²) < 4.78 is 4.93. The molecule has 0 spiro atoms. The SMILES string of the molecule is CCOC(=O)/C(C=NC1CC1)=C(/O)c1ccc(Cl)nc1Cl. The van der Waals surface area contributed by atoms with Gasteiger partial charge in [-0.3, -0.25) is 4.99 Å². The van der Waals surface area contributed by atoms with E-state index in [1.54, 1.807) is 6.92 Å². The highest BCUT2D eigenvalue weighted by Gasteiger charge is 2.22. The van der Waals surface area contributed by atoms with E-state index in [1.165, 1.54) is 18.3 Å². The Morgan fingerprint density at radius 1 is 1.52 bits per heavy atom. The minimum absolute atomic E-state index is 0.00150. The summed E-state index contributed by atoms with van der Waals surface area (Å²) in [5.74, 6) is -0.988. The quantitative estimate of drug-likeness (QED) is 0.295. The van der Waals surface area contributed by atoms with Crippen LogP contribution < -0.4 is 0 Å². The Morgan fingerprint density at radius 2 is 2.24 bits per heavy atom. The number of ether oxygens (including phenoxy) is 1. The van der Waals surface area contributed by atoms with Gasteiger partial charge in [0.2, 0.25) is 0 Å². The fraction of sp³-hybridized carbons (Fsp3) is 0.357. The maximum Gasteiger partial charge on any atom is 0.343 e. The van der Waals surface area contributed by atoms with Crippen LogP contribution in [-0.4, -0.2) is 34.9 Å². The van der Waals surface area contributed by atoms with Gasteiger partial charge in [-0.25, -0.2) is 9.78 Å². The smallest absolute Gasteiger partial charge is 0.343 e. The number of rotatable bonds is 5. The molecule has 0 unspecified atom stereocenters. The highest BCUT2D eigenvalue weighted by molar-refractivity contribution is 6.33. The van der Waals surface area contributed by atoms with Crippen molar-refractivity contribution in [3.05, 3.63) is 33.6 Å². The van der Waals surface area contributed by atoms with Gasteiger partial charge in [-0.1, -0.05) is 23.2 Å². The summed E-state index contributed by atoms with van der Waals surface area (Å²) in [6, 6.07) is 3.16. The molecular formula is C14H14Cl2N2O3. The molecule has 1 saturated carbocycles. The molecule has 1 fully saturated rings. The molecule has 0 amide bonds. The molecule has 1 heterocycles. The third-order valence-corrected chi connectivity index (χ3v) is 3.28. The van der Waals surface area contributed by atoms with E-state index in [9.17, 15) is 9.90 Å². The topological polar surface area (TPSA) is 71.8 Å². The number of halogens is 2. The van der Waals surface area contributed by atoms with E-state index >= 15 is 0 Å². The van der Waals surface area contributed by atoms with Crippen LogP contribution in [0, 0.1) is 0 Å². The maximum atomic E-state index is 11.9. The summed E-state index contributed by atoms with van der Waals surface area (Å²) in [6.45, 7) is 1.88. The van der Waals surface area contributed by atoms with Crippen molar-refractivity contribution >= 4 is 41.1 Å². The lowest BCUT2D eigenvalue weighted by Crippen LogP contribution is -2.12. The lowest BCUT2D eigenvalue weighted by atomic mass is 10.1. The number of carbonyl (C=O) groups is 1. The highest BCUT2D eigenvalue weighted by atomic mass is 35.5. The molecule has 7 heteroatoms. The van der Waals surface area contributed by atoms with Gasteiger partial charge in [-0.2, -0.15) is 0 Å². The van der Waals surface area contributed by atoms with Crippen LogP contribution in [0.1, 0.15) is 25.3 Å². The van der Waals surface area contributed by atoms with Crippen LogP contribution in [0.3, 0.4) is 0 Å². The summed E-state index contributed by atoms with van der Waals surface area (Å²) >= 11 is 11.7. The van der Waals surface area contributed by atoms with Gasteiger partial charge in [0.05, 0.1) is 18.2 Å². The van der Waals surface area contributed by atoms with Gasteiger partial charge < -0.3 is 9.84 Å². The fourth-order valence-corrected chi connectivity index (χ4v) is 1.99. The number of aliphatic hydroxyl groups excluding tert-OH is 1. The molecule has 0 aliphatic heterocycles. The molecule has 0 radical (unpaired) electrons. The van der Waals surface area contributed by atoms with Crippen LogP contribution in [0.5, 0.6) is 0 Å². The average Bonchev–Trinajstić information content (AvgIpc) is 3.23. The third-order valence-electron chi connectivity index (χ3n) is 2.78. The second-order valence-corrected chi connectivity index (χ2v) is 5.21. The highest BCUT2D eigenvalue weighted by Crippen LogP contribution is 2.26. The first-order valence-corrected chi connectivity index (χ1v) is 7.24. The predicted octanol–water partition coefficient (Wildman–Crippen LogP) is 3.45. The van der Waals surface area contributed by atoms with Gasteiger partial charge in [-0.15, -0.1) is 0 Å². The van der Waals surface area contributed by atoms with Crippen molar-refractivity contribution in [2.75, 3.05) is 6.61 Å². The van der Waals surface area contributed by atoms with Crippen molar-refractivity contribution in [2.24, 2.45) is 4.99 Å². The second-order valence-electron chi connectivity index (χ2n) is 4.46. The zero-order chi connectivity index (χ0) is 15.4. The van der Waals surface area contributed by atoms with Gasteiger partial charge in [0.15, 0.2) is 0 Å². The average molecular weight is 329 g/mol. The Kier molecular flexibility index (Phi) is 5.20. The number of aromatic nitrogens is 1. The Labute approximate surface area is 132 Å². The van der Waals surface area contributed by atoms with Crippen LogP contribution in [0.4, 0.5) is 0 Å². The molecule has 21 heavy (non-hydrogen) atoms. The number of hydrogen-bond donors (Lipinski definition) is 1. The molecule has 2 rings (SSSR count). The van der Waals surface area contributed by atoms with E-state index in [-0.39, 0.29) is 39.9 Å². The third kappa shape index (κ3) is 4.19. The standard InChI is InChI=1S/C14H14Cl2N2O3/c1-2-21-14(20)10(7-17-8-3-4-8)12(19)9-5-6-11(15)18-13(9)16/h5-8,19H,2-4H2,1H3/b12-10+,17-7?. The van der Waals surface area contributed by atoms with E-state index in [4.69, 9.17) is 27.9 Å². The van der Waals surface area contributed by atoms with E-state index in [0.717, 1.165) is 12.8 Å². The first-order valence-electron chi connectivity index (χ1n) is 6.49. The number of hydrogen-bond acceptors (Lipinski definition) is 5. The second kappa shape index (κ2) is 6.91. The number of aliphatic imine (C=N–C) groups is 1. The first-order chi connectivity index (χ1) is 10.0. The molecule has 112 valence electrons. The van der Waals surface area contributed by atoms with Crippen molar-refractivity contribution < 1.29 is 14.6 Å². The van der Waals surface area contributed by atoms with Crippen LogP contribution in [0.25, 0.3) is 5.76 Å². The zero-order valence-corrected chi connectivity index (χ0v) is 12.9. The summed E-state index contributed by atoms with van der Waals surface area (Å²) in [5.41, 5.74) is 0.154. The molecular weight excluding hydrogens is 315 g/mol. The van der Waals surface area contributed by atoms with E-state index < -0.39 is 5.97 Å². The summed E-state index contributed by atoms with van der Waals surface area (Å²) in [6.07, 6.45) is 3.29. The Hall–Kier alpha value is -1.59. The lowest BCUT2D eigenvalue weighted by molar-refractivity contribution is -0.137. The summed E-state index contributed by atoms with van der Waals surface area (Å²) in [5, 5.41) is 10.5. The molecule has 1 aromatic heterocycles. The van der Waals surface area contributed by atoms with Crippen LogP contribution in [0.15, 0.2) is 22.7 Å². The summed E-state index contributed by atoms with van der Waals surface area (Å²) in [7, 11) is 0. The zero-order valence-electron chi connectivity index (χ0n) is 11.3. The van der Waals surface area contributed by atoms with Crippen molar-refractivity contribution in [3.63, 3.8) is 0 Å². The molecule has 1 aliphatic carbocycles. The Balaban J connectivity index is 2.41. The van der Waals surface area contributed by atoms with Crippen molar-refractivity contribution in [3.8, 4) is 0 Å². The normalized spacial score (nSPS) is 16.0. The van der Waals surface area contributed by atoms with E-state index in [0.29, 0.717) is 0 Å². The molecule has 5 nitrogen and oxygen atoms in total. The van der Waals surface area contributed by atoms with Gasteiger partial charge in [0.25, 0.3) is 0 Å². The first kappa shape index (κ1) is 15.8. The number of nitrogens with zero attached hydrogens (tertiary/aromatic N) is 2. The lowest BCUT2D eigenvalue weighted by Gasteiger charge is -2.08. The van der Waals surface area contributed by atoms with Gasteiger partial charge >= 0.3 is 5.97 Å². The molecule has 1 aliphatic rings. The molecule has 1 aromatic rings. The predicted molar refractivity (Wildman–Crippen MR) is 82.0 cm³/mol. The molecule has 0 saturated heterocycles. The minimum Gasteiger partial charge on any atom is -0.506 e. The Bertz CT molecular complexity index is 610. The van der Waals surface area contributed by atoms with Gasteiger partial charge in [-0.05, 0) is 31.9 Å². The number of aliphatic hydroxyl groups is 1. The minimum atomic E-state index is -0.662.